The standard InChI is InChI=1S/C18H23N3O3S/c1-3-24-16-8-5-4-7-15(16)18(23)19-10-6-9-17(22)21-12-14-11-20-13(2)25-14/h4-5,7-8,11H,3,6,9-10,12H2,1-2H3,(H,19,23)(H,21,22). The van der Waals surface area contributed by atoms with Gasteiger partial charge in [0, 0.05) is 24.0 Å². The Bertz CT molecular complexity index is 715. The van der Waals surface area contributed by atoms with Crippen LogP contribution in [0.25, 0.3) is 0 Å². The number of benzene rings is 1. The number of aromatic nitrogens is 1. The molecule has 1 heterocycles. The molecule has 0 aliphatic heterocycles. The van der Waals surface area contributed by atoms with Crippen molar-refractivity contribution in [3.05, 3.63) is 45.9 Å². The van der Waals surface area contributed by atoms with Gasteiger partial charge in [-0.1, -0.05) is 12.1 Å². The third-order valence-corrected chi connectivity index (χ3v) is 4.34. The zero-order valence-corrected chi connectivity index (χ0v) is 15.3. The molecule has 0 fully saturated rings. The second-order valence-corrected chi connectivity index (χ2v) is 6.73. The van der Waals surface area contributed by atoms with Gasteiger partial charge in [-0.25, -0.2) is 4.98 Å². The molecule has 0 saturated heterocycles. The first-order valence-electron chi connectivity index (χ1n) is 8.28. The quantitative estimate of drug-likeness (QED) is 0.673. The van der Waals surface area contributed by atoms with Crippen LogP contribution in [0.5, 0.6) is 5.75 Å². The summed E-state index contributed by atoms with van der Waals surface area (Å²) in [6.45, 7) is 5.25. The molecule has 0 atom stereocenters. The number of aryl methyl sites for hydroxylation is 1. The molecule has 7 heteroatoms. The van der Waals surface area contributed by atoms with Crippen LogP contribution >= 0.6 is 11.3 Å². The van der Waals surface area contributed by atoms with Crippen LogP contribution in [0.4, 0.5) is 0 Å². The Hall–Kier alpha value is -2.41. The van der Waals surface area contributed by atoms with Crippen molar-refractivity contribution < 1.29 is 14.3 Å². The summed E-state index contributed by atoms with van der Waals surface area (Å²) in [7, 11) is 0. The second-order valence-electron chi connectivity index (χ2n) is 5.41. The minimum atomic E-state index is -0.190. The van der Waals surface area contributed by atoms with E-state index in [1.165, 1.54) is 0 Å². The fourth-order valence-electron chi connectivity index (χ4n) is 2.24. The van der Waals surface area contributed by atoms with Crippen molar-refractivity contribution in [1.29, 1.82) is 0 Å². The minimum Gasteiger partial charge on any atom is -0.493 e. The van der Waals surface area contributed by atoms with Crippen LogP contribution in [0.1, 0.15) is 40.0 Å². The number of nitrogens with one attached hydrogen (secondary N) is 2. The highest BCUT2D eigenvalue weighted by Crippen LogP contribution is 2.17. The summed E-state index contributed by atoms with van der Waals surface area (Å²) in [5.74, 6) is 0.347. The molecule has 2 amide bonds. The third kappa shape index (κ3) is 6.19. The molecule has 0 aliphatic rings. The minimum absolute atomic E-state index is 0.0324. The predicted octanol–water partition coefficient (Wildman–Crippen LogP) is 2.68. The van der Waals surface area contributed by atoms with Gasteiger partial charge < -0.3 is 15.4 Å². The van der Waals surface area contributed by atoms with Gasteiger partial charge in [-0.15, -0.1) is 11.3 Å². The van der Waals surface area contributed by atoms with Crippen molar-refractivity contribution in [1.82, 2.24) is 15.6 Å². The molecule has 2 aromatic rings. The predicted molar refractivity (Wildman–Crippen MR) is 97.9 cm³/mol. The van der Waals surface area contributed by atoms with Crippen molar-refractivity contribution in [3.63, 3.8) is 0 Å². The highest BCUT2D eigenvalue weighted by Gasteiger charge is 2.11. The second kappa shape index (κ2) is 9.78. The summed E-state index contributed by atoms with van der Waals surface area (Å²) in [5, 5.41) is 6.67. The first kappa shape index (κ1) is 18.9. The molecule has 1 aromatic carbocycles. The van der Waals surface area contributed by atoms with E-state index in [4.69, 9.17) is 4.74 Å². The SMILES string of the molecule is CCOc1ccccc1C(=O)NCCCC(=O)NCc1cnc(C)s1. The Kier molecular flexibility index (Phi) is 7.40. The van der Waals surface area contributed by atoms with Gasteiger partial charge in [0.1, 0.15) is 5.75 Å². The van der Waals surface area contributed by atoms with E-state index in [0.29, 0.717) is 43.9 Å². The topological polar surface area (TPSA) is 80.3 Å². The molecule has 2 N–H and O–H groups in total. The average molecular weight is 361 g/mol. The van der Waals surface area contributed by atoms with Gasteiger partial charge in [-0.3, -0.25) is 9.59 Å². The molecule has 0 radical (unpaired) electrons. The molecule has 25 heavy (non-hydrogen) atoms. The lowest BCUT2D eigenvalue weighted by atomic mass is 10.2. The normalized spacial score (nSPS) is 10.3. The lowest BCUT2D eigenvalue weighted by Crippen LogP contribution is -2.27. The van der Waals surface area contributed by atoms with Gasteiger partial charge in [0.15, 0.2) is 0 Å². The molecule has 0 saturated carbocycles. The van der Waals surface area contributed by atoms with E-state index in [2.05, 4.69) is 15.6 Å². The zero-order chi connectivity index (χ0) is 18.1. The van der Waals surface area contributed by atoms with Crippen molar-refractivity contribution >= 4 is 23.2 Å². The van der Waals surface area contributed by atoms with Gasteiger partial charge in [0.05, 0.1) is 23.7 Å². The van der Waals surface area contributed by atoms with E-state index in [-0.39, 0.29) is 11.8 Å². The number of thiazole rings is 1. The van der Waals surface area contributed by atoms with E-state index >= 15 is 0 Å². The van der Waals surface area contributed by atoms with Crippen molar-refractivity contribution in [3.8, 4) is 5.75 Å². The number of ether oxygens (including phenoxy) is 1. The van der Waals surface area contributed by atoms with E-state index < -0.39 is 0 Å². The highest BCUT2D eigenvalue weighted by molar-refractivity contribution is 7.11. The summed E-state index contributed by atoms with van der Waals surface area (Å²) in [4.78, 5) is 29.2. The Morgan fingerprint density at radius 3 is 2.76 bits per heavy atom. The summed E-state index contributed by atoms with van der Waals surface area (Å²) in [6, 6.07) is 7.12. The van der Waals surface area contributed by atoms with E-state index in [1.807, 2.05) is 19.9 Å². The first-order valence-corrected chi connectivity index (χ1v) is 9.09. The number of hydrogen-bond donors (Lipinski definition) is 2. The number of hydrogen-bond acceptors (Lipinski definition) is 5. The third-order valence-electron chi connectivity index (χ3n) is 3.43. The van der Waals surface area contributed by atoms with E-state index in [1.54, 1.807) is 35.7 Å². The number of carbonyl (C=O) groups excluding carboxylic acids is 2. The molecule has 0 unspecified atom stereocenters. The number of carbonyl (C=O) groups is 2. The Morgan fingerprint density at radius 2 is 2.04 bits per heavy atom. The monoisotopic (exact) mass is 361 g/mol. The fourth-order valence-corrected chi connectivity index (χ4v) is 2.98. The van der Waals surface area contributed by atoms with Crippen LogP contribution in [-0.4, -0.2) is 29.9 Å². The van der Waals surface area contributed by atoms with Crippen LogP contribution < -0.4 is 15.4 Å². The molecular weight excluding hydrogens is 338 g/mol. The van der Waals surface area contributed by atoms with Gasteiger partial charge in [0.2, 0.25) is 5.91 Å². The highest BCUT2D eigenvalue weighted by atomic mass is 32.1. The summed E-state index contributed by atoms with van der Waals surface area (Å²) < 4.78 is 5.45. The summed E-state index contributed by atoms with van der Waals surface area (Å²) in [5.41, 5.74) is 0.509. The lowest BCUT2D eigenvalue weighted by Gasteiger charge is -2.10. The van der Waals surface area contributed by atoms with Crippen LogP contribution in [0, 0.1) is 6.92 Å². The Labute approximate surface area is 151 Å². The Balaban J connectivity index is 1.68. The van der Waals surface area contributed by atoms with Crippen LogP contribution in [-0.2, 0) is 11.3 Å². The Morgan fingerprint density at radius 1 is 1.24 bits per heavy atom. The molecule has 0 aliphatic carbocycles. The van der Waals surface area contributed by atoms with Crippen LogP contribution in [0.15, 0.2) is 30.5 Å². The van der Waals surface area contributed by atoms with Crippen LogP contribution in [0.3, 0.4) is 0 Å². The van der Waals surface area contributed by atoms with Crippen molar-refractivity contribution in [2.24, 2.45) is 0 Å². The molecule has 2 rings (SSSR count). The zero-order valence-electron chi connectivity index (χ0n) is 14.5. The smallest absolute Gasteiger partial charge is 0.255 e. The van der Waals surface area contributed by atoms with Gasteiger partial charge in [-0.2, -0.15) is 0 Å². The first-order chi connectivity index (χ1) is 12.1. The largest absolute Gasteiger partial charge is 0.493 e. The maximum atomic E-state index is 12.2. The van der Waals surface area contributed by atoms with E-state index in [9.17, 15) is 9.59 Å². The van der Waals surface area contributed by atoms with Gasteiger partial charge in [-0.05, 0) is 32.4 Å². The molecule has 6 nitrogen and oxygen atoms in total. The number of nitrogens with zero attached hydrogens (tertiary/aromatic N) is 1. The molecule has 0 spiro atoms. The van der Waals surface area contributed by atoms with E-state index in [0.717, 1.165) is 9.88 Å². The average Bonchev–Trinajstić information content (AvgIpc) is 3.03. The molecule has 0 bridgehead atoms. The fraction of sp³-hybridized carbons (Fsp3) is 0.389. The number of amides is 2. The summed E-state index contributed by atoms with van der Waals surface area (Å²) in [6.07, 6.45) is 2.72. The van der Waals surface area contributed by atoms with Gasteiger partial charge >= 0.3 is 0 Å². The molecular formula is C18H23N3O3S. The maximum Gasteiger partial charge on any atom is 0.255 e. The lowest BCUT2D eigenvalue weighted by molar-refractivity contribution is -0.121. The molecule has 134 valence electrons. The molecule has 1 aromatic heterocycles. The van der Waals surface area contributed by atoms with Crippen LogP contribution in [0.2, 0.25) is 0 Å². The number of rotatable bonds is 9. The maximum absolute atomic E-state index is 12.2. The number of para-hydroxylation sites is 1. The van der Waals surface area contributed by atoms with Crippen molar-refractivity contribution in [2.75, 3.05) is 13.2 Å². The van der Waals surface area contributed by atoms with Crippen molar-refractivity contribution in [2.45, 2.75) is 33.2 Å². The summed E-state index contributed by atoms with van der Waals surface area (Å²) >= 11 is 1.57. The van der Waals surface area contributed by atoms with Gasteiger partial charge in [0.25, 0.3) is 5.91 Å².